The summed E-state index contributed by atoms with van der Waals surface area (Å²) in [5.74, 6) is 0.907. The fourth-order valence-corrected chi connectivity index (χ4v) is 1.78. The maximum absolute atomic E-state index is 5.55. The minimum absolute atomic E-state index is 0.259. The van der Waals surface area contributed by atoms with Crippen molar-refractivity contribution in [3.05, 3.63) is 29.8 Å². The van der Waals surface area contributed by atoms with Crippen LogP contribution in [0.25, 0.3) is 0 Å². The lowest BCUT2D eigenvalue weighted by atomic mass is 10.0. The van der Waals surface area contributed by atoms with Crippen LogP contribution < -0.4 is 15.9 Å². The molecule has 1 aromatic carbocycles. The third-order valence-electron chi connectivity index (χ3n) is 2.65. The van der Waals surface area contributed by atoms with Crippen LogP contribution in [0.3, 0.4) is 0 Å². The zero-order valence-corrected chi connectivity index (χ0v) is 9.44. The summed E-state index contributed by atoms with van der Waals surface area (Å²) in [6.07, 6.45) is 0.893. The Balaban J connectivity index is 2.01. The van der Waals surface area contributed by atoms with Crippen molar-refractivity contribution in [3.63, 3.8) is 0 Å². The molecule has 0 fully saturated rings. The van der Waals surface area contributed by atoms with Crippen molar-refractivity contribution >= 4 is 5.71 Å². The van der Waals surface area contributed by atoms with Crippen molar-refractivity contribution in [1.29, 1.82) is 0 Å². The molecule has 16 heavy (non-hydrogen) atoms. The predicted octanol–water partition coefficient (Wildman–Crippen LogP) is 1.43. The maximum atomic E-state index is 5.55. The van der Waals surface area contributed by atoms with E-state index in [-0.39, 0.29) is 6.04 Å². The summed E-state index contributed by atoms with van der Waals surface area (Å²) in [5, 5.41) is 4.18. The smallest absolute Gasteiger partial charge is 0.119 e. The molecular formula is C12H17N3O. The van der Waals surface area contributed by atoms with Crippen LogP contribution in [0, 0.1) is 0 Å². The molecule has 4 nitrogen and oxygen atoms in total. The number of nitrogens with zero attached hydrogens (tertiary/aromatic N) is 1. The fraction of sp³-hybridized carbons (Fsp3) is 0.417. The summed E-state index contributed by atoms with van der Waals surface area (Å²) in [6.45, 7) is 3.20. The molecule has 0 spiro atoms. The molecule has 3 N–H and O–H groups in total. The first-order valence-electron chi connectivity index (χ1n) is 5.57. The van der Waals surface area contributed by atoms with E-state index in [0.29, 0.717) is 13.2 Å². The third kappa shape index (κ3) is 2.33. The molecule has 1 atom stereocenters. The maximum Gasteiger partial charge on any atom is 0.119 e. The number of nitrogens with two attached hydrogens (primary N) is 1. The van der Waals surface area contributed by atoms with Gasteiger partial charge in [-0.05, 0) is 24.6 Å². The first-order valence-corrected chi connectivity index (χ1v) is 5.57. The quantitative estimate of drug-likeness (QED) is 0.805. The van der Waals surface area contributed by atoms with Crippen LogP contribution in [0.2, 0.25) is 0 Å². The minimum atomic E-state index is 0.259. The van der Waals surface area contributed by atoms with Crippen molar-refractivity contribution in [2.45, 2.75) is 19.4 Å². The Labute approximate surface area is 95.5 Å². The molecule has 1 aliphatic rings. The van der Waals surface area contributed by atoms with E-state index in [1.54, 1.807) is 0 Å². The van der Waals surface area contributed by atoms with Gasteiger partial charge in [-0.15, -0.1) is 0 Å². The summed E-state index contributed by atoms with van der Waals surface area (Å²) in [4.78, 5) is 0. The second-order valence-corrected chi connectivity index (χ2v) is 3.77. The molecule has 2 rings (SSSR count). The molecule has 86 valence electrons. The minimum Gasteiger partial charge on any atom is -0.494 e. The SMILES string of the molecule is CCOc1ccc(C2CC(CN)=NN2)cc1. The van der Waals surface area contributed by atoms with Gasteiger partial charge in [-0.2, -0.15) is 5.10 Å². The van der Waals surface area contributed by atoms with Crippen molar-refractivity contribution in [3.8, 4) is 5.75 Å². The molecule has 0 bridgehead atoms. The van der Waals surface area contributed by atoms with Gasteiger partial charge in [0.15, 0.2) is 0 Å². The van der Waals surface area contributed by atoms with Crippen molar-refractivity contribution < 1.29 is 4.74 Å². The van der Waals surface area contributed by atoms with Gasteiger partial charge in [0.1, 0.15) is 5.75 Å². The summed E-state index contributed by atoms with van der Waals surface area (Å²) in [6, 6.07) is 8.37. The number of benzene rings is 1. The highest BCUT2D eigenvalue weighted by Crippen LogP contribution is 2.23. The zero-order chi connectivity index (χ0) is 11.4. The van der Waals surface area contributed by atoms with Gasteiger partial charge in [-0.1, -0.05) is 12.1 Å². The van der Waals surface area contributed by atoms with Crippen molar-refractivity contribution in [1.82, 2.24) is 5.43 Å². The number of ether oxygens (including phenoxy) is 1. The predicted molar refractivity (Wildman–Crippen MR) is 64.6 cm³/mol. The van der Waals surface area contributed by atoms with Gasteiger partial charge in [0.05, 0.1) is 18.4 Å². The van der Waals surface area contributed by atoms with E-state index in [2.05, 4.69) is 22.7 Å². The Bertz CT molecular complexity index is 372. The molecule has 0 aliphatic carbocycles. The largest absolute Gasteiger partial charge is 0.494 e. The fourth-order valence-electron chi connectivity index (χ4n) is 1.78. The molecule has 0 amide bonds. The van der Waals surface area contributed by atoms with Gasteiger partial charge in [-0.3, -0.25) is 0 Å². The van der Waals surface area contributed by atoms with Gasteiger partial charge >= 0.3 is 0 Å². The van der Waals surface area contributed by atoms with Crippen molar-refractivity contribution in [2.75, 3.05) is 13.2 Å². The molecular weight excluding hydrogens is 202 g/mol. The van der Waals surface area contributed by atoms with E-state index < -0.39 is 0 Å². The Morgan fingerprint density at radius 2 is 2.19 bits per heavy atom. The summed E-state index contributed by atoms with van der Waals surface area (Å²) < 4.78 is 5.40. The lowest BCUT2D eigenvalue weighted by molar-refractivity contribution is 0.340. The Morgan fingerprint density at radius 1 is 1.44 bits per heavy atom. The average molecular weight is 219 g/mol. The zero-order valence-electron chi connectivity index (χ0n) is 9.44. The van der Waals surface area contributed by atoms with E-state index in [1.807, 2.05) is 19.1 Å². The lowest BCUT2D eigenvalue weighted by Gasteiger charge is -2.11. The number of hydrogen-bond donors (Lipinski definition) is 2. The van der Waals surface area contributed by atoms with E-state index in [9.17, 15) is 0 Å². The van der Waals surface area contributed by atoms with E-state index in [4.69, 9.17) is 10.5 Å². The van der Waals surface area contributed by atoms with Crippen LogP contribution in [0.5, 0.6) is 5.75 Å². The molecule has 1 heterocycles. The van der Waals surface area contributed by atoms with Gasteiger partial charge in [-0.25, -0.2) is 0 Å². The molecule has 1 aliphatic heterocycles. The topological polar surface area (TPSA) is 59.6 Å². The van der Waals surface area contributed by atoms with Crippen molar-refractivity contribution in [2.24, 2.45) is 10.8 Å². The standard InChI is InChI=1S/C12H17N3O/c1-2-16-11-5-3-9(4-6-11)12-7-10(8-13)14-15-12/h3-6,12,15H,2,7-8,13H2,1H3. The Kier molecular flexibility index (Phi) is 3.41. The highest BCUT2D eigenvalue weighted by Gasteiger charge is 2.18. The van der Waals surface area contributed by atoms with Gasteiger partial charge in [0, 0.05) is 13.0 Å². The van der Waals surface area contributed by atoms with E-state index in [1.165, 1.54) is 5.56 Å². The monoisotopic (exact) mass is 219 g/mol. The molecule has 0 aromatic heterocycles. The van der Waals surface area contributed by atoms with Crippen LogP contribution in [0.1, 0.15) is 24.9 Å². The average Bonchev–Trinajstić information content (AvgIpc) is 2.79. The molecule has 0 radical (unpaired) electrons. The van der Waals surface area contributed by atoms with Crippen LogP contribution in [0.4, 0.5) is 0 Å². The van der Waals surface area contributed by atoms with Crippen LogP contribution >= 0.6 is 0 Å². The van der Waals surface area contributed by atoms with Crippen LogP contribution in [-0.4, -0.2) is 18.9 Å². The summed E-state index contributed by atoms with van der Waals surface area (Å²) in [5.41, 5.74) is 10.9. The first kappa shape index (κ1) is 11.0. The highest BCUT2D eigenvalue weighted by atomic mass is 16.5. The van der Waals surface area contributed by atoms with Gasteiger partial charge < -0.3 is 15.9 Å². The Morgan fingerprint density at radius 3 is 2.75 bits per heavy atom. The number of nitrogens with one attached hydrogen (secondary N) is 1. The number of hydrogen-bond acceptors (Lipinski definition) is 4. The normalized spacial score (nSPS) is 19.1. The van der Waals surface area contributed by atoms with E-state index in [0.717, 1.165) is 17.9 Å². The second kappa shape index (κ2) is 4.99. The molecule has 0 saturated carbocycles. The van der Waals surface area contributed by atoms with Gasteiger partial charge in [0.25, 0.3) is 0 Å². The molecule has 0 saturated heterocycles. The number of rotatable bonds is 4. The third-order valence-corrected chi connectivity index (χ3v) is 2.65. The van der Waals surface area contributed by atoms with Crippen LogP contribution in [-0.2, 0) is 0 Å². The summed E-state index contributed by atoms with van der Waals surface area (Å²) in [7, 11) is 0. The second-order valence-electron chi connectivity index (χ2n) is 3.77. The molecule has 1 aromatic rings. The summed E-state index contributed by atoms with van der Waals surface area (Å²) >= 11 is 0. The highest BCUT2D eigenvalue weighted by molar-refractivity contribution is 5.88. The van der Waals surface area contributed by atoms with E-state index >= 15 is 0 Å². The molecule has 1 unspecified atom stereocenters. The van der Waals surface area contributed by atoms with Gasteiger partial charge in [0.2, 0.25) is 0 Å². The first-order chi connectivity index (χ1) is 7.83. The molecule has 4 heteroatoms. The number of hydrazone groups is 1. The lowest BCUT2D eigenvalue weighted by Crippen LogP contribution is -2.13. The Hall–Kier alpha value is -1.55. The van der Waals surface area contributed by atoms with Crippen LogP contribution in [0.15, 0.2) is 29.4 Å².